The smallest absolute Gasteiger partial charge is 0.285 e. The van der Waals surface area contributed by atoms with Crippen molar-refractivity contribution in [1.82, 2.24) is 4.57 Å². The number of nitrogens with zero attached hydrogens (tertiary/aromatic N) is 2. The maximum absolute atomic E-state index is 13.0. The number of ketones is 1. The quantitative estimate of drug-likeness (QED) is 0.414. The fraction of sp³-hybridized carbons (Fsp3) is 0.176. The van der Waals surface area contributed by atoms with Crippen molar-refractivity contribution in [3.05, 3.63) is 58.1 Å². The molecule has 1 aliphatic rings. The van der Waals surface area contributed by atoms with E-state index in [1.807, 2.05) is 18.2 Å². The van der Waals surface area contributed by atoms with Gasteiger partial charge in [-0.3, -0.25) is 24.3 Å². The Morgan fingerprint density at radius 3 is 2.48 bits per heavy atom. The number of carbonyl (C=O) groups is 2. The third kappa shape index (κ3) is 1.38. The molecule has 4 rings (SSSR count). The number of hydrogen-bond donors (Lipinski definition) is 0. The van der Waals surface area contributed by atoms with Gasteiger partial charge in [-0.05, 0) is 12.1 Å². The zero-order chi connectivity index (χ0) is 16.4. The van der Waals surface area contributed by atoms with Gasteiger partial charge in [0.25, 0.3) is 5.78 Å². The van der Waals surface area contributed by atoms with E-state index in [-0.39, 0.29) is 12.0 Å². The van der Waals surface area contributed by atoms with Crippen LogP contribution < -0.4 is 0 Å². The highest BCUT2D eigenvalue weighted by Gasteiger charge is 2.60. The normalized spacial score (nSPS) is 20.4. The fourth-order valence-electron chi connectivity index (χ4n) is 3.52. The Kier molecular flexibility index (Phi) is 2.52. The van der Waals surface area contributed by atoms with Gasteiger partial charge in [-0.15, -0.1) is 0 Å². The van der Waals surface area contributed by atoms with Crippen LogP contribution >= 0.6 is 0 Å². The van der Waals surface area contributed by atoms with Crippen LogP contribution in [-0.2, 0) is 0 Å². The number of fused-ring (bicyclic) bond motifs is 3. The summed E-state index contributed by atoms with van der Waals surface area (Å²) in [5.41, 5.74) is -0.957. The van der Waals surface area contributed by atoms with Crippen LogP contribution in [0.5, 0.6) is 0 Å². The van der Waals surface area contributed by atoms with E-state index in [0.29, 0.717) is 11.0 Å². The van der Waals surface area contributed by atoms with E-state index in [1.165, 1.54) is 11.5 Å². The first-order valence-corrected chi connectivity index (χ1v) is 7.30. The number of Topliss-reactive ketones (excluding diaryl/α,β-unsaturated/α-hetero) is 1. The van der Waals surface area contributed by atoms with Crippen LogP contribution in [0.15, 0.2) is 42.5 Å². The molecule has 3 aromatic rings. The summed E-state index contributed by atoms with van der Waals surface area (Å²) in [6.45, 7) is 1.50. The minimum Gasteiger partial charge on any atom is -0.285 e. The van der Waals surface area contributed by atoms with Gasteiger partial charge in [0, 0.05) is 22.1 Å². The minimum atomic E-state index is -2.25. The van der Waals surface area contributed by atoms with E-state index in [0.717, 1.165) is 10.8 Å². The third-order valence-corrected chi connectivity index (χ3v) is 4.70. The highest BCUT2D eigenvalue weighted by molar-refractivity contribution is 6.31. The molecule has 0 spiro atoms. The molecule has 1 aromatic heterocycles. The zero-order valence-electron chi connectivity index (χ0n) is 12.3. The van der Waals surface area contributed by atoms with Crippen LogP contribution in [0.4, 0.5) is 0 Å². The monoisotopic (exact) mass is 308 g/mol. The molecule has 0 fully saturated rings. The lowest BCUT2D eigenvalue weighted by atomic mass is 9.83. The van der Waals surface area contributed by atoms with Crippen molar-refractivity contribution >= 4 is 33.5 Å². The van der Waals surface area contributed by atoms with E-state index in [9.17, 15) is 19.7 Å². The van der Waals surface area contributed by atoms with Gasteiger partial charge < -0.3 is 0 Å². The van der Waals surface area contributed by atoms with Crippen molar-refractivity contribution in [2.75, 3.05) is 0 Å². The molecule has 0 saturated carbocycles. The molecule has 114 valence electrons. The molecule has 2 aromatic carbocycles. The van der Waals surface area contributed by atoms with Gasteiger partial charge in [-0.1, -0.05) is 37.3 Å². The first-order chi connectivity index (χ1) is 11.0. The molecule has 0 radical (unpaired) electrons. The number of rotatable bonds is 2. The van der Waals surface area contributed by atoms with Gasteiger partial charge in [-0.25, -0.2) is 0 Å². The highest BCUT2D eigenvalue weighted by atomic mass is 16.6. The Labute approximate surface area is 130 Å². The molecule has 2 heterocycles. The van der Waals surface area contributed by atoms with Crippen LogP contribution in [0.1, 0.15) is 28.5 Å². The third-order valence-electron chi connectivity index (χ3n) is 4.70. The van der Waals surface area contributed by atoms with Gasteiger partial charge in [0.1, 0.15) is 0 Å². The van der Waals surface area contributed by atoms with Crippen molar-refractivity contribution in [3.63, 3.8) is 0 Å². The number of carbonyl (C=O) groups excluding carboxylic acids is 2. The average molecular weight is 308 g/mol. The van der Waals surface area contributed by atoms with E-state index < -0.39 is 22.2 Å². The van der Waals surface area contributed by atoms with Crippen LogP contribution in [0.3, 0.4) is 0 Å². The van der Waals surface area contributed by atoms with E-state index in [2.05, 4.69) is 0 Å². The lowest BCUT2D eigenvalue weighted by Crippen LogP contribution is -2.57. The first-order valence-electron chi connectivity index (χ1n) is 7.30. The Morgan fingerprint density at radius 2 is 1.78 bits per heavy atom. The van der Waals surface area contributed by atoms with Gasteiger partial charge >= 0.3 is 11.4 Å². The topological polar surface area (TPSA) is 82.2 Å². The standard InChI is InChI=1S/C17H12N2O4/c1-2-17(19(22)23)15(20)12-8-5-7-11-10-6-3-4-9-13(10)18(14(11)12)16(17)21/h3-9H,2H2,1H3. The zero-order valence-corrected chi connectivity index (χ0v) is 12.3. The number of aromatic nitrogens is 1. The molecule has 0 N–H and O–H groups in total. The Bertz CT molecular complexity index is 1030. The van der Waals surface area contributed by atoms with Crippen molar-refractivity contribution < 1.29 is 14.5 Å². The van der Waals surface area contributed by atoms with Gasteiger partial charge in [0.05, 0.1) is 16.6 Å². The lowest BCUT2D eigenvalue weighted by molar-refractivity contribution is -0.532. The number of nitro groups is 1. The summed E-state index contributed by atoms with van der Waals surface area (Å²) in [6, 6.07) is 12.3. The second-order valence-corrected chi connectivity index (χ2v) is 5.66. The summed E-state index contributed by atoms with van der Waals surface area (Å²) in [4.78, 5) is 36.7. The maximum atomic E-state index is 13.0. The molecule has 0 amide bonds. The molecular weight excluding hydrogens is 296 g/mol. The van der Waals surface area contributed by atoms with Gasteiger partial charge in [0.15, 0.2) is 0 Å². The summed E-state index contributed by atoms with van der Waals surface area (Å²) in [7, 11) is 0. The summed E-state index contributed by atoms with van der Waals surface area (Å²) in [6.07, 6.45) is -0.181. The summed E-state index contributed by atoms with van der Waals surface area (Å²) >= 11 is 0. The minimum absolute atomic E-state index is 0.181. The van der Waals surface area contributed by atoms with Crippen LogP contribution in [0.25, 0.3) is 21.8 Å². The van der Waals surface area contributed by atoms with E-state index >= 15 is 0 Å². The van der Waals surface area contributed by atoms with Crippen LogP contribution in [0.2, 0.25) is 0 Å². The molecule has 6 nitrogen and oxygen atoms in total. The molecule has 6 heteroatoms. The van der Waals surface area contributed by atoms with Crippen molar-refractivity contribution in [1.29, 1.82) is 0 Å². The van der Waals surface area contributed by atoms with Crippen LogP contribution in [-0.4, -0.2) is 26.7 Å². The predicted octanol–water partition coefficient (Wildman–Crippen LogP) is 3.06. The molecule has 1 aliphatic heterocycles. The van der Waals surface area contributed by atoms with Crippen molar-refractivity contribution in [3.8, 4) is 0 Å². The Morgan fingerprint density at radius 1 is 1.09 bits per heavy atom. The van der Waals surface area contributed by atoms with Crippen LogP contribution in [0, 0.1) is 10.1 Å². The lowest BCUT2D eigenvalue weighted by Gasteiger charge is -2.26. The Hall–Kier alpha value is -3.02. The number of benzene rings is 2. The summed E-state index contributed by atoms with van der Waals surface area (Å²) in [5, 5.41) is 13.2. The molecule has 0 saturated heterocycles. The second-order valence-electron chi connectivity index (χ2n) is 5.66. The molecule has 0 bridgehead atoms. The number of hydrogen-bond acceptors (Lipinski definition) is 4. The van der Waals surface area contributed by atoms with Gasteiger partial charge in [-0.2, -0.15) is 0 Å². The highest BCUT2D eigenvalue weighted by Crippen LogP contribution is 2.39. The Balaban J connectivity index is 2.26. The summed E-state index contributed by atoms with van der Waals surface area (Å²) in [5.74, 6) is -1.50. The van der Waals surface area contributed by atoms with E-state index in [4.69, 9.17) is 0 Å². The predicted molar refractivity (Wildman–Crippen MR) is 84.4 cm³/mol. The van der Waals surface area contributed by atoms with E-state index in [1.54, 1.807) is 24.3 Å². The maximum Gasteiger partial charge on any atom is 0.360 e. The molecular formula is C17H12N2O4. The molecule has 1 unspecified atom stereocenters. The first kappa shape index (κ1) is 13.6. The second kappa shape index (κ2) is 4.25. The SMILES string of the molecule is CCC1([N+](=O)[O-])C(=O)c2cccc3c4ccccc4n(c23)C1=O. The van der Waals surface area contributed by atoms with Crippen molar-refractivity contribution in [2.24, 2.45) is 0 Å². The summed E-state index contributed by atoms with van der Waals surface area (Å²) < 4.78 is 1.34. The van der Waals surface area contributed by atoms with Gasteiger partial charge in [0.2, 0.25) is 0 Å². The fourth-order valence-corrected chi connectivity index (χ4v) is 3.52. The molecule has 23 heavy (non-hydrogen) atoms. The molecule has 0 aliphatic carbocycles. The number of para-hydroxylation sites is 2. The van der Waals surface area contributed by atoms with Crippen molar-refractivity contribution in [2.45, 2.75) is 18.9 Å². The average Bonchev–Trinajstić information content (AvgIpc) is 2.89. The largest absolute Gasteiger partial charge is 0.360 e. The molecule has 1 atom stereocenters.